The van der Waals surface area contributed by atoms with Crippen LogP contribution in [0.5, 0.6) is 11.5 Å². The molecule has 0 amide bonds. The zero-order valence-corrected chi connectivity index (χ0v) is 19.8. The van der Waals surface area contributed by atoms with E-state index in [4.69, 9.17) is 8.83 Å². The minimum atomic E-state index is 0. The van der Waals surface area contributed by atoms with Crippen molar-refractivity contribution in [2.24, 2.45) is 0 Å². The number of nitrogens with zero attached hydrogens (tertiary/aromatic N) is 2. The molecule has 2 aromatic heterocycles. The van der Waals surface area contributed by atoms with Gasteiger partial charge < -0.3 is 19.0 Å². The molecule has 0 aliphatic heterocycles. The van der Waals surface area contributed by atoms with Crippen LogP contribution in [0.25, 0.3) is 45.1 Å². The maximum atomic E-state index is 9.69. The summed E-state index contributed by atoms with van der Waals surface area (Å²) in [5.41, 5.74) is 4.25. The molecule has 0 radical (unpaired) electrons. The quantitative estimate of drug-likeness (QED) is 0.278. The summed E-state index contributed by atoms with van der Waals surface area (Å²) in [4.78, 5) is 8.63. The second-order valence-electron chi connectivity index (χ2n) is 7.01. The van der Waals surface area contributed by atoms with Crippen LogP contribution in [-0.2, 0) is 26.2 Å². The Labute approximate surface area is 208 Å². The molecule has 6 rings (SSSR count). The number of rotatable bonds is 2. The van der Waals surface area contributed by atoms with E-state index in [0.717, 1.165) is 22.2 Å². The number of para-hydroxylation sites is 6. The normalized spacial score (nSPS) is 10.4. The second kappa shape index (κ2) is 9.84. The molecule has 4 aromatic carbocycles. The number of benzene rings is 4. The predicted molar refractivity (Wildman–Crippen MR) is 122 cm³/mol. The van der Waals surface area contributed by atoms with Crippen molar-refractivity contribution in [2.45, 2.75) is 0 Å². The maximum Gasteiger partial charge on any atom is 0.231 e. The number of aromatic nitrogens is 2. The van der Waals surface area contributed by atoms with Gasteiger partial charge in [-0.25, -0.2) is 9.97 Å². The smallest absolute Gasteiger partial charge is 0.231 e. The van der Waals surface area contributed by atoms with Gasteiger partial charge in [0, 0.05) is 26.2 Å². The van der Waals surface area contributed by atoms with E-state index in [9.17, 15) is 10.2 Å². The number of hydrogen-bond acceptors (Lipinski definition) is 6. The van der Waals surface area contributed by atoms with Crippen molar-refractivity contribution < 1.29 is 45.3 Å². The summed E-state index contributed by atoms with van der Waals surface area (Å²) < 4.78 is 11.1. The minimum Gasteiger partial charge on any atom is -0.507 e. The third kappa shape index (κ3) is 4.74. The Morgan fingerprint density at radius 1 is 0.485 bits per heavy atom. The molecular formula is C26H18N2O4Zr. The molecule has 0 aliphatic rings. The van der Waals surface area contributed by atoms with Crippen molar-refractivity contribution in [1.29, 1.82) is 0 Å². The van der Waals surface area contributed by atoms with Crippen LogP contribution in [0.15, 0.2) is 106 Å². The van der Waals surface area contributed by atoms with Gasteiger partial charge in [-0.1, -0.05) is 48.5 Å². The fourth-order valence-electron chi connectivity index (χ4n) is 3.28. The average molecular weight is 514 g/mol. The van der Waals surface area contributed by atoms with Crippen molar-refractivity contribution >= 4 is 22.2 Å². The summed E-state index contributed by atoms with van der Waals surface area (Å²) in [5.74, 6) is 1.24. The number of aromatic hydroxyl groups is 2. The molecule has 2 heterocycles. The second-order valence-corrected chi connectivity index (χ2v) is 7.01. The number of phenols is 2. The maximum absolute atomic E-state index is 9.69. The molecule has 0 saturated carbocycles. The van der Waals surface area contributed by atoms with Crippen molar-refractivity contribution in [2.75, 3.05) is 0 Å². The summed E-state index contributed by atoms with van der Waals surface area (Å²) in [7, 11) is 0. The standard InChI is InChI=1S/2C13H9NO2.Zr/c2*15-11-7-3-1-5-9(11)13-14-10-6-2-4-8-12(10)16-13;/h2*1-8,15H;. The summed E-state index contributed by atoms with van der Waals surface area (Å²) >= 11 is 0. The van der Waals surface area contributed by atoms with Crippen LogP contribution in [0.3, 0.4) is 0 Å². The van der Waals surface area contributed by atoms with Gasteiger partial charge in [0.15, 0.2) is 11.2 Å². The van der Waals surface area contributed by atoms with E-state index in [0.29, 0.717) is 22.9 Å². The van der Waals surface area contributed by atoms with Gasteiger partial charge in [-0.2, -0.15) is 0 Å². The van der Waals surface area contributed by atoms with E-state index in [1.165, 1.54) is 0 Å². The van der Waals surface area contributed by atoms with Crippen LogP contribution >= 0.6 is 0 Å². The first-order valence-corrected chi connectivity index (χ1v) is 9.97. The molecule has 0 spiro atoms. The van der Waals surface area contributed by atoms with E-state index >= 15 is 0 Å². The first-order chi connectivity index (χ1) is 15.7. The SMILES string of the molecule is Oc1ccccc1-c1nc2ccccc2o1.Oc1ccccc1-c1nc2ccccc2o1.[Zr]. The van der Waals surface area contributed by atoms with E-state index in [1.807, 2.05) is 60.7 Å². The largest absolute Gasteiger partial charge is 0.507 e. The van der Waals surface area contributed by atoms with Crippen LogP contribution in [0.4, 0.5) is 0 Å². The summed E-state index contributed by atoms with van der Waals surface area (Å²) in [5, 5.41) is 19.4. The molecule has 0 fully saturated rings. The number of oxazole rings is 2. The van der Waals surface area contributed by atoms with Gasteiger partial charge in [-0.05, 0) is 48.5 Å². The van der Waals surface area contributed by atoms with Crippen molar-refractivity contribution in [3.05, 3.63) is 97.1 Å². The minimum absolute atomic E-state index is 0. The molecule has 0 unspecified atom stereocenters. The number of fused-ring (bicyclic) bond motifs is 2. The zero-order valence-electron chi connectivity index (χ0n) is 17.3. The molecule has 6 nitrogen and oxygen atoms in total. The van der Waals surface area contributed by atoms with Gasteiger partial charge >= 0.3 is 0 Å². The van der Waals surface area contributed by atoms with Crippen LogP contribution in [0.1, 0.15) is 0 Å². The van der Waals surface area contributed by atoms with Crippen LogP contribution in [0.2, 0.25) is 0 Å². The fraction of sp³-hybridized carbons (Fsp3) is 0. The molecule has 2 N–H and O–H groups in total. The molecule has 0 saturated heterocycles. The van der Waals surface area contributed by atoms with Crippen LogP contribution in [0, 0.1) is 0 Å². The molecule has 0 bridgehead atoms. The predicted octanol–water partition coefficient (Wildman–Crippen LogP) is 6.40. The number of phenolic OH excluding ortho intramolecular Hbond substituents is 2. The Morgan fingerprint density at radius 2 is 0.848 bits per heavy atom. The Bertz CT molecular complexity index is 1340. The van der Waals surface area contributed by atoms with Crippen LogP contribution < -0.4 is 0 Å². The van der Waals surface area contributed by atoms with Gasteiger partial charge in [0.25, 0.3) is 0 Å². The van der Waals surface area contributed by atoms with E-state index in [1.54, 1.807) is 36.4 Å². The van der Waals surface area contributed by atoms with Gasteiger partial charge in [0.05, 0.1) is 11.1 Å². The molecule has 7 heteroatoms. The molecule has 160 valence electrons. The van der Waals surface area contributed by atoms with E-state index in [-0.39, 0.29) is 37.7 Å². The third-order valence-corrected chi connectivity index (χ3v) is 4.86. The van der Waals surface area contributed by atoms with Gasteiger partial charge in [0.1, 0.15) is 22.5 Å². The topological polar surface area (TPSA) is 92.5 Å². The molecule has 0 atom stereocenters. The van der Waals surface area contributed by atoms with E-state index < -0.39 is 0 Å². The average Bonchev–Trinajstić information content (AvgIpc) is 3.44. The summed E-state index contributed by atoms with van der Waals surface area (Å²) in [6, 6.07) is 29.0. The van der Waals surface area contributed by atoms with E-state index in [2.05, 4.69) is 9.97 Å². The molecule has 33 heavy (non-hydrogen) atoms. The molecule has 6 aromatic rings. The first kappa shape index (κ1) is 22.5. The Kier molecular flexibility index (Phi) is 6.71. The molecule has 0 aliphatic carbocycles. The molecular weight excluding hydrogens is 496 g/mol. The Hall–Kier alpha value is -3.70. The third-order valence-electron chi connectivity index (χ3n) is 4.86. The van der Waals surface area contributed by atoms with Crippen LogP contribution in [-0.4, -0.2) is 20.2 Å². The zero-order chi connectivity index (χ0) is 21.9. The summed E-state index contributed by atoms with van der Waals surface area (Å²) in [6.45, 7) is 0. The number of hydrogen-bond donors (Lipinski definition) is 2. The van der Waals surface area contributed by atoms with Gasteiger partial charge in [0.2, 0.25) is 11.8 Å². The monoisotopic (exact) mass is 512 g/mol. The summed E-state index contributed by atoms with van der Waals surface area (Å²) in [6.07, 6.45) is 0. The van der Waals surface area contributed by atoms with Crippen molar-refractivity contribution in [1.82, 2.24) is 9.97 Å². The van der Waals surface area contributed by atoms with Gasteiger partial charge in [-0.15, -0.1) is 0 Å². The van der Waals surface area contributed by atoms with Crippen molar-refractivity contribution in [3.8, 4) is 34.4 Å². The van der Waals surface area contributed by atoms with Gasteiger partial charge in [-0.3, -0.25) is 0 Å². The first-order valence-electron chi connectivity index (χ1n) is 9.97. The fourth-order valence-corrected chi connectivity index (χ4v) is 3.28. The Morgan fingerprint density at radius 3 is 1.24 bits per heavy atom. The van der Waals surface area contributed by atoms with Crippen molar-refractivity contribution in [3.63, 3.8) is 0 Å². The Balaban J connectivity index is 0.000000152.